The third-order valence-electron chi connectivity index (χ3n) is 5.58. The maximum atomic E-state index is 12.9. The predicted molar refractivity (Wildman–Crippen MR) is 117 cm³/mol. The fourth-order valence-corrected chi connectivity index (χ4v) is 4.21. The van der Waals surface area contributed by atoms with Crippen LogP contribution in [0.2, 0.25) is 5.02 Å². The van der Waals surface area contributed by atoms with E-state index in [0.29, 0.717) is 13.1 Å². The minimum Gasteiger partial charge on any atom is -0.370 e. The van der Waals surface area contributed by atoms with Crippen molar-refractivity contribution in [1.29, 1.82) is 0 Å². The molecule has 1 N–H and O–H groups in total. The highest BCUT2D eigenvalue weighted by atomic mass is 35.5. The van der Waals surface area contributed by atoms with E-state index in [1.54, 1.807) is 0 Å². The average molecular weight is 399 g/mol. The lowest BCUT2D eigenvalue weighted by atomic mass is 10.1. The van der Waals surface area contributed by atoms with Gasteiger partial charge in [-0.3, -0.25) is 0 Å². The Hall–Kier alpha value is -2.40. The maximum absolute atomic E-state index is 12.9. The van der Waals surface area contributed by atoms with Gasteiger partial charge in [0, 0.05) is 50.0 Å². The first-order chi connectivity index (χ1) is 13.7. The van der Waals surface area contributed by atoms with E-state index in [4.69, 9.17) is 11.6 Å². The SMILES string of the molecule is O=C(Nc1ccccc1N1CCCCC1)N1CCN(c2cccc(Cl)c2)CC1. The molecule has 2 aromatic carbocycles. The zero-order chi connectivity index (χ0) is 19.3. The second-order valence-corrected chi connectivity index (χ2v) is 7.89. The third-order valence-corrected chi connectivity index (χ3v) is 5.82. The highest BCUT2D eigenvalue weighted by Gasteiger charge is 2.23. The summed E-state index contributed by atoms with van der Waals surface area (Å²) in [5.41, 5.74) is 3.16. The van der Waals surface area contributed by atoms with E-state index in [0.717, 1.165) is 48.3 Å². The van der Waals surface area contributed by atoms with Crippen LogP contribution in [0.1, 0.15) is 19.3 Å². The number of nitrogens with zero attached hydrogens (tertiary/aromatic N) is 3. The minimum atomic E-state index is -0.0183. The third kappa shape index (κ3) is 4.36. The molecule has 5 nitrogen and oxygen atoms in total. The molecule has 2 saturated heterocycles. The van der Waals surface area contributed by atoms with Crippen LogP contribution in [0, 0.1) is 0 Å². The molecule has 4 rings (SSSR count). The second-order valence-electron chi connectivity index (χ2n) is 7.45. The van der Waals surface area contributed by atoms with Gasteiger partial charge in [0.15, 0.2) is 0 Å². The molecule has 0 aliphatic carbocycles. The zero-order valence-electron chi connectivity index (χ0n) is 16.1. The topological polar surface area (TPSA) is 38.8 Å². The van der Waals surface area contributed by atoms with Gasteiger partial charge in [0.05, 0.1) is 11.4 Å². The lowest BCUT2D eigenvalue weighted by molar-refractivity contribution is 0.208. The standard InChI is InChI=1S/C22H27ClN4O/c23-18-7-6-8-19(17-18)25-13-15-27(16-14-25)22(28)24-20-9-2-3-10-21(20)26-11-4-1-5-12-26/h2-3,6-10,17H,1,4-5,11-16H2,(H,24,28). The normalized spacial score (nSPS) is 17.5. The molecule has 0 spiro atoms. The van der Waals surface area contributed by atoms with Gasteiger partial charge in [-0.15, -0.1) is 0 Å². The van der Waals surface area contributed by atoms with Crippen LogP contribution in [0.5, 0.6) is 0 Å². The van der Waals surface area contributed by atoms with Crippen LogP contribution in [0.25, 0.3) is 0 Å². The number of anilines is 3. The van der Waals surface area contributed by atoms with Crippen LogP contribution in [0.15, 0.2) is 48.5 Å². The Morgan fingerprint density at radius 2 is 1.57 bits per heavy atom. The molecule has 6 heteroatoms. The Morgan fingerprint density at radius 1 is 0.821 bits per heavy atom. The van der Waals surface area contributed by atoms with Gasteiger partial charge in [-0.25, -0.2) is 4.79 Å². The van der Waals surface area contributed by atoms with Gasteiger partial charge in [-0.05, 0) is 49.6 Å². The van der Waals surface area contributed by atoms with Crippen molar-refractivity contribution in [2.75, 3.05) is 54.4 Å². The van der Waals surface area contributed by atoms with Crippen molar-refractivity contribution >= 4 is 34.7 Å². The maximum Gasteiger partial charge on any atom is 0.322 e. The number of rotatable bonds is 3. The minimum absolute atomic E-state index is 0.0183. The molecule has 2 amide bonds. The van der Waals surface area contributed by atoms with Crippen LogP contribution in [0.4, 0.5) is 21.9 Å². The first-order valence-electron chi connectivity index (χ1n) is 10.1. The molecule has 148 valence electrons. The smallest absolute Gasteiger partial charge is 0.322 e. The van der Waals surface area contributed by atoms with Gasteiger partial charge in [0.25, 0.3) is 0 Å². The highest BCUT2D eigenvalue weighted by molar-refractivity contribution is 6.30. The summed E-state index contributed by atoms with van der Waals surface area (Å²) >= 11 is 6.11. The lowest BCUT2D eigenvalue weighted by Crippen LogP contribution is -2.50. The number of halogens is 1. The number of carbonyl (C=O) groups excluding carboxylic acids is 1. The van der Waals surface area contributed by atoms with Gasteiger partial charge in [0.2, 0.25) is 0 Å². The molecular formula is C22H27ClN4O. The summed E-state index contributed by atoms with van der Waals surface area (Å²) in [5, 5.41) is 3.89. The van der Waals surface area contributed by atoms with Crippen molar-refractivity contribution in [3.8, 4) is 0 Å². The largest absolute Gasteiger partial charge is 0.370 e. The van der Waals surface area contributed by atoms with Gasteiger partial charge in [-0.1, -0.05) is 29.8 Å². The lowest BCUT2D eigenvalue weighted by Gasteiger charge is -2.36. The first-order valence-corrected chi connectivity index (χ1v) is 10.5. The predicted octanol–water partition coefficient (Wildman–Crippen LogP) is 4.68. The van der Waals surface area contributed by atoms with Gasteiger partial charge in [0.1, 0.15) is 0 Å². The number of hydrogen-bond acceptors (Lipinski definition) is 3. The van der Waals surface area contributed by atoms with Gasteiger partial charge < -0.3 is 20.0 Å². The monoisotopic (exact) mass is 398 g/mol. The molecule has 2 fully saturated rings. The van der Waals surface area contributed by atoms with E-state index < -0.39 is 0 Å². The van der Waals surface area contributed by atoms with Crippen LogP contribution in [-0.2, 0) is 0 Å². The molecule has 0 unspecified atom stereocenters. The van der Waals surface area contributed by atoms with Gasteiger partial charge >= 0.3 is 6.03 Å². The molecule has 0 atom stereocenters. The molecule has 0 radical (unpaired) electrons. The Morgan fingerprint density at radius 3 is 2.32 bits per heavy atom. The molecule has 0 aromatic heterocycles. The number of piperidine rings is 1. The zero-order valence-corrected chi connectivity index (χ0v) is 16.9. The summed E-state index contributed by atoms with van der Waals surface area (Å²) in [7, 11) is 0. The van der Waals surface area contributed by atoms with E-state index >= 15 is 0 Å². The molecule has 2 aromatic rings. The number of hydrogen-bond donors (Lipinski definition) is 1. The van der Waals surface area contributed by atoms with E-state index in [-0.39, 0.29) is 6.03 Å². The van der Waals surface area contributed by atoms with E-state index in [9.17, 15) is 4.79 Å². The van der Waals surface area contributed by atoms with Crippen molar-refractivity contribution < 1.29 is 4.79 Å². The van der Waals surface area contributed by atoms with Crippen molar-refractivity contribution in [2.24, 2.45) is 0 Å². The molecular weight excluding hydrogens is 372 g/mol. The number of nitrogens with one attached hydrogen (secondary N) is 1. The van der Waals surface area contributed by atoms with Crippen molar-refractivity contribution in [2.45, 2.75) is 19.3 Å². The Kier molecular flexibility index (Phi) is 5.91. The molecule has 0 saturated carbocycles. The van der Waals surface area contributed by atoms with E-state index in [1.807, 2.05) is 41.3 Å². The Bertz CT molecular complexity index is 814. The second kappa shape index (κ2) is 8.74. The van der Waals surface area contributed by atoms with Crippen molar-refractivity contribution in [3.05, 3.63) is 53.6 Å². The summed E-state index contributed by atoms with van der Waals surface area (Å²) in [4.78, 5) is 19.4. The molecule has 2 aliphatic rings. The quantitative estimate of drug-likeness (QED) is 0.815. The van der Waals surface area contributed by atoms with Crippen molar-refractivity contribution in [1.82, 2.24) is 4.90 Å². The van der Waals surface area contributed by atoms with Crippen LogP contribution in [-0.4, -0.2) is 50.2 Å². The number of amides is 2. The van der Waals surface area contributed by atoms with Crippen LogP contribution in [0.3, 0.4) is 0 Å². The highest BCUT2D eigenvalue weighted by Crippen LogP contribution is 2.28. The molecule has 28 heavy (non-hydrogen) atoms. The summed E-state index contributed by atoms with van der Waals surface area (Å²) < 4.78 is 0. The summed E-state index contributed by atoms with van der Waals surface area (Å²) in [5.74, 6) is 0. The number of benzene rings is 2. The Balaban J connectivity index is 1.37. The van der Waals surface area contributed by atoms with E-state index in [2.05, 4.69) is 27.2 Å². The molecule has 2 heterocycles. The van der Waals surface area contributed by atoms with Gasteiger partial charge in [-0.2, -0.15) is 0 Å². The number of para-hydroxylation sites is 2. The number of piperazine rings is 1. The van der Waals surface area contributed by atoms with Crippen LogP contribution >= 0.6 is 11.6 Å². The summed E-state index contributed by atoms with van der Waals surface area (Å²) in [6.45, 7) is 5.13. The van der Waals surface area contributed by atoms with Crippen LogP contribution < -0.4 is 15.1 Å². The molecule has 0 bridgehead atoms. The Labute approximate surface area is 171 Å². The van der Waals surface area contributed by atoms with E-state index in [1.165, 1.54) is 19.3 Å². The molecule has 2 aliphatic heterocycles. The van der Waals surface area contributed by atoms with Crippen molar-refractivity contribution in [3.63, 3.8) is 0 Å². The fourth-order valence-electron chi connectivity index (χ4n) is 4.02. The summed E-state index contributed by atoms with van der Waals surface area (Å²) in [6.07, 6.45) is 3.73. The number of carbonyl (C=O) groups is 1. The first kappa shape index (κ1) is 18.9. The fraction of sp³-hybridized carbons (Fsp3) is 0.409. The number of urea groups is 1. The average Bonchev–Trinajstić information content (AvgIpc) is 2.75. The summed E-state index contributed by atoms with van der Waals surface area (Å²) in [6, 6.07) is 16.0.